The number of rotatable bonds is 6. The Kier molecular flexibility index (Phi) is 7.08. The highest BCUT2D eigenvalue weighted by atomic mass is 32.2. The number of anilines is 1. The van der Waals surface area contributed by atoms with Crippen LogP contribution in [-0.2, 0) is 16.6 Å². The number of nitrogens with one attached hydrogen (secondary N) is 1. The fourth-order valence-corrected chi connectivity index (χ4v) is 3.33. The van der Waals surface area contributed by atoms with Gasteiger partial charge in [0.1, 0.15) is 5.75 Å². The van der Waals surface area contributed by atoms with Crippen LogP contribution in [0.4, 0.5) is 5.69 Å². The number of thioether (sulfide) groups is 1. The Labute approximate surface area is 179 Å². The molecule has 0 saturated carbocycles. The lowest BCUT2D eigenvalue weighted by atomic mass is 10.2. The second-order valence-electron chi connectivity index (χ2n) is 6.31. The minimum atomic E-state index is -0.531. The Hall–Kier alpha value is -3.33. The fraction of sp³-hybridized carbons (Fsp3) is 0.238. The lowest BCUT2D eigenvalue weighted by molar-refractivity contribution is -0.134. The molecule has 0 spiro atoms. The number of benzene rings is 2. The molecule has 0 saturated heterocycles. The summed E-state index contributed by atoms with van der Waals surface area (Å²) in [5.74, 6) is 0.890. The summed E-state index contributed by atoms with van der Waals surface area (Å²) in [5.41, 5.74) is 5.64. The van der Waals surface area contributed by atoms with Gasteiger partial charge in [0.05, 0.1) is 19.4 Å². The summed E-state index contributed by atoms with van der Waals surface area (Å²) in [4.78, 5) is 12.4. The van der Waals surface area contributed by atoms with Crippen LogP contribution in [0.1, 0.15) is 12.5 Å². The van der Waals surface area contributed by atoms with Crippen LogP contribution in [0.5, 0.6) is 5.75 Å². The summed E-state index contributed by atoms with van der Waals surface area (Å²) in [5, 5.41) is 13.4. The summed E-state index contributed by atoms with van der Waals surface area (Å²) in [6.45, 7) is 3.98. The lowest BCUT2D eigenvalue weighted by Crippen LogP contribution is -2.16. The van der Waals surface area contributed by atoms with E-state index in [0.717, 1.165) is 34.3 Å². The predicted octanol–water partition coefficient (Wildman–Crippen LogP) is 3.88. The van der Waals surface area contributed by atoms with Crippen LogP contribution in [0.3, 0.4) is 0 Å². The van der Waals surface area contributed by atoms with Gasteiger partial charge >= 0.3 is 5.97 Å². The summed E-state index contributed by atoms with van der Waals surface area (Å²) in [6.07, 6.45) is 0. The number of aromatic nitrogens is 3. The second kappa shape index (κ2) is 9.93. The minimum absolute atomic E-state index is 0.134. The third kappa shape index (κ3) is 5.18. The molecule has 0 aliphatic carbocycles. The zero-order chi connectivity index (χ0) is 21.5. The van der Waals surface area contributed by atoms with Crippen LogP contribution in [0, 0.1) is 6.92 Å². The number of hydrogen-bond donors (Lipinski definition) is 1. The van der Waals surface area contributed by atoms with Gasteiger partial charge in [-0.15, -0.1) is 10.2 Å². The average molecular weight is 426 g/mol. The monoisotopic (exact) mass is 425 g/mol. The van der Waals surface area contributed by atoms with Gasteiger partial charge in [0.25, 0.3) is 0 Å². The molecule has 30 heavy (non-hydrogen) atoms. The van der Waals surface area contributed by atoms with Crippen LogP contribution in [0.2, 0.25) is 0 Å². The minimum Gasteiger partial charge on any atom is -0.497 e. The van der Waals surface area contributed by atoms with E-state index in [1.165, 1.54) is 0 Å². The van der Waals surface area contributed by atoms with E-state index < -0.39 is 5.97 Å². The van der Waals surface area contributed by atoms with Crippen molar-refractivity contribution < 1.29 is 14.3 Å². The van der Waals surface area contributed by atoms with Crippen molar-refractivity contribution in [2.45, 2.75) is 19.0 Å². The van der Waals surface area contributed by atoms with E-state index >= 15 is 0 Å². The van der Waals surface area contributed by atoms with Gasteiger partial charge in [-0.1, -0.05) is 12.1 Å². The first-order valence-electron chi connectivity index (χ1n) is 9.31. The molecule has 9 heteroatoms. The standard InChI is InChI=1S/C21H23N5O3S/c1-5-29-20(27)19(24-22-16-8-6-7-14(2)13-16)30-21-25-23-18(26(21)3)15-9-11-17(28-4)12-10-15/h6-13,22H,5H2,1-4H3. The molecule has 8 nitrogen and oxygen atoms in total. The molecule has 2 aromatic carbocycles. The first kappa shape index (κ1) is 21.4. The van der Waals surface area contributed by atoms with E-state index in [0.29, 0.717) is 11.0 Å². The van der Waals surface area contributed by atoms with E-state index in [-0.39, 0.29) is 11.7 Å². The molecule has 3 aromatic rings. The Morgan fingerprint density at radius 2 is 1.97 bits per heavy atom. The number of nitrogens with zero attached hydrogens (tertiary/aromatic N) is 4. The molecular weight excluding hydrogens is 402 g/mol. The Bertz CT molecular complexity index is 1050. The maximum atomic E-state index is 12.4. The lowest BCUT2D eigenvalue weighted by Gasteiger charge is -2.08. The van der Waals surface area contributed by atoms with E-state index in [2.05, 4.69) is 20.7 Å². The van der Waals surface area contributed by atoms with Crippen molar-refractivity contribution in [2.24, 2.45) is 12.1 Å². The van der Waals surface area contributed by atoms with Crippen molar-refractivity contribution in [2.75, 3.05) is 19.1 Å². The molecule has 0 unspecified atom stereocenters. The van der Waals surface area contributed by atoms with Crippen LogP contribution in [0.15, 0.2) is 58.8 Å². The molecule has 0 atom stereocenters. The third-order valence-corrected chi connectivity index (χ3v) is 5.12. The number of esters is 1. The molecule has 0 amide bonds. The number of carbonyl (C=O) groups excluding carboxylic acids is 1. The molecule has 1 aromatic heterocycles. The van der Waals surface area contributed by atoms with Crippen LogP contribution >= 0.6 is 11.8 Å². The summed E-state index contributed by atoms with van der Waals surface area (Å²) < 4.78 is 12.1. The Balaban J connectivity index is 1.84. The highest BCUT2D eigenvalue weighted by Gasteiger charge is 2.20. The smallest absolute Gasteiger partial charge is 0.365 e. The van der Waals surface area contributed by atoms with Crippen molar-refractivity contribution in [1.29, 1.82) is 0 Å². The quantitative estimate of drug-likeness (QED) is 0.211. The van der Waals surface area contributed by atoms with Gasteiger partial charge in [-0.25, -0.2) is 4.79 Å². The highest BCUT2D eigenvalue weighted by molar-refractivity contribution is 8.15. The zero-order valence-corrected chi connectivity index (χ0v) is 18.1. The third-order valence-electron chi connectivity index (χ3n) is 4.13. The van der Waals surface area contributed by atoms with Crippen LogP contribution in [0.25, 0.3) is 11.4 Å². The van der Waals surface area contributed by atoms with Crippen molar-refractivity contribution >= 4 is 28.5 Å². The molecular formula is C21H23N5O3S. The van der Waals surface area contributed by atoms with E-state index in [1.807, 2.05) is 62.5 Å². The maximum absolute atomic E-state index is 12.4. The number of hydrazone groups is 1. The Morgan fingerprint density at radius 1 is 1.20 bits per heavy atom. The second-order valence-corrected chi connectivity index (χ2v) is 7.27. The molecule has 0 aliphatic heterocycles. The first-order chi connectivity index (χ1) is 14.5. The first-order valence-corrected chi connectivity index (χ1v) is 10.1. The molecule has 0 bridgehead atoms. The molecule has 0 radical (unpaired) electrons. The fourth-order valence-electron chi connectivity index (χ4n) is 2.61. The van der Waals surface area contributed by atoms with Crippen molar-refractivity contribution in [1.82, 2.24) is 14.8 Å². The van der Waals surface area contributed by atoms with Gasteiger partial charge in [0.2, 0.25) is 5.04 Å². The topological polar surface area (TPSA) is 90.6 Å². The van der Waals surface area contributed by atoms with Crippen molar-refractivity contribution in [3.63, 3.8) is 0 Å². The number of methoxy groups -OCH3 is 1. The SMILES string of the molecule is CCOC(=O)C(=NNc1cccc(C)c1)Sc1nnc(-c2ccc(OC)cc2)n1C. The summed E-state index contributed by atoms with van der Waals surface area (Å²) in [7, 11) is 3.45. The van der Waals surface area contributed by atoms with Gasteiger partial charge in [0.15, 0.2) is 11.0 Å². The van der Waals surface area contributed by atoms with Gasteiger partial charge in [0, 0.05) is 12.6 Å². The maximum Gasteiger partial charge on any atom is 0.365 e. The number of aryl methyl sites for hydroxylation is 1. The molecule has 0 aliphatic rings. The molecule has 0 fully saturated rings. The Morgan fingerprint density at radius 3 is 2.63 bits per heavy atom. The summed E-state index contributed by atoms with van der Waals surface area (Å²) >= 11 is 1.09. The zero-order valence-electron chi connectivity index (χ0n) is 17.2. The number of hydrogen-bond acceptors (Lipinski definition) is 8. The van der Waals surface area contributed by atoms with E-state index in [1.54, 1.807) is 18.6 Å². The average Bonchev–Trinajstić information content (AvgIpc) is 3.11. The van der Waals surface area contributed by atoms with Gasteiger partial charge in [-0.2, -0.15) is 5.10 Å². The van der Waals surface area contributed by atoms with Crippen LogP contribution in [-0.4, -0.2) is 39.5 Å². The van der Waals surface area contributed by atoms with Crippen molar-refractivity contribution in [3.8, 4) is 17.1 Å². The number of ether oxygens (including phenoxy) is 2. The summed E-state index contributed by atoms with van der Waals surface area (Å²) in [6, 6.07) is 15.2. The predicted molar refractivity (Wildman–Crippen MR) is 118 cm³/mol. The van der Waals surface area contributed by atoms with Gasteiger partial charge in [-0.05, 0) is 67.6 Å². The highest BCUT2D eigenvalue weighted by Crippen LogP contribution is 2.25. The van der Waals surface area contributed by atoms with E-state index in [4.69, 9.17) is 9.47 Å². The van der Waals surface area contributed by atoms with E-state index in [9.17, 15) is 4.79 Å². The molecule has 1 heterocycles. The number of carbonyl (C=O) groups is 1. The molecule has 3 rings (SSSR count). The van der Waals surface area contributed by atoms with Gasteiger partial charge < -0.3 is 14.0 Å². The van der Waals surface area contributed by atoms with Gasteiger partial charge in [-0.3, -0.25) is 5.43 Å². The van der Waals surface area contributed by atoms with Crippen LogP contribution < -0.4 is 10.2 Å². The molecule has 1 N–H and O–H groups in total. The normalized spacial score (nSPS) is 11.3. The van der Waals surface area contributed by atoms with Crippen molar-refractivity contribution in [3.05, 3.63) is 54.1 Å². The largest absolute Gasteiger partial charge is 0.497 e. The molecule has 156 valence electrons.